The van der Waals surface area contributed by atoms with Crippen molar-refractivity contribution in [1.29, 1.82) is 0 Å². The van der Waals surface area contributed by atoms with Crippen LogP contribution >= 0.6 is 11.6 Å². The number of anilines is 2. The molecule has 1 aliphatic rings. The lowest BCUT2D eigenvalue weighted by atomic mass is 10.0. The van der Waals surface area contributed by atoms with Crippen LogP contribution in [0, 0.1) is 0 Å². The normalized spacial score (nSPS) is 16.1. The summed E-state index contributed by atoms with van der Waals surface area (Å²) in [7, 11) is 2.15. The van der Waals surface area contributed by atoms with Crippen LogP contribution in [0.3, 0.4) is 0 Å². The molecule has 1 fully saturated rings. The third-order valence-corrected chi connectivity index (χ3v) is 4.52. The molecule has 1 aromatic rings. The highest BCUT2D eigenvalue weighted by Gasteiger charge is 2.24. The van der Waals surface area contributed by atoms with Gasteiger partial charge in [0.05, 0.1) is 16.4 Å². The number of primary amides is 1. The van der Waals surface area contributed by atoms with Gasteiger partial charge in [0.1, 0.15) is 0 Å². The number of nitrogens with two attached hydrogens (primary N) is 2. The number of halogens is 1. The first-order chi connectivity index (χ1) is 10.4. The standard InChI is InChI=1S/C15H23ClN4O2/c1-3-19(2)10-4-6-20(7-5-10)13-9-14(22-15(18)21)12(17)8-11(13)16/h8-10H,3-7,17H2,1-2H3,(H2,18,21). The summed E-state index contributed by atoms with van der Waals surface area (Å²) in [6.45, 7) is 5.00. The average molecular weight is 327 g/mol. The van der Waals surface area contributed by atoms with Crippen LogP contribution in [0.1, 0.15) is 19.8 Å². The summed E-state index contributed by atoms with van der Waals surface area (Å²) in [5, 5.41) is 0.552. The molecule has 1 saturated heterocycles. The molecular weight excluding hydrogens is 304 g/mol. The highest BCUT2D eigenvalue weighted by atomic mass is 35.5. The number of amides is 1. The molecule has 7 heteroatoms. The fraction of sp³-hybridized carbons (Fsp3) is 0.533. The van der Waals surface area contributed by atoms with E-state index in [4.69, 9.17) is 27.8 Å². The number of piperidine rings is 1. The highest BCUT2D eigenvalue weighted by molar-refractivity contribution is 6.33. The SMILES string of the molecule is CCN(C)C1CCN(c2cc(OC(N)=O)c(N)cc2Cl)CC1. The first-order valence-electron chi connectivity index (χ1n) is 7.43. The van der Waals surface area contributed by atoms with Gasteiger partial charge in [-0.3, -0.25) is 0 Å². The predicted molar refractivity (Wildman–Crippen MR) is 89.6 cm³/mol. The largest absolute Gasteiger partial charge is 0.410 e. The minimum Gasteiger partial charge on any atom is -0.408 e. The minimum atomic E-state index is -0.886. The Labute approximate surface area is 135 Å². The van der Waals surface area contributed by atoms with E-state index in [-0.39, 0.29) is 5.75 Å². The van der Waals surface area contributed by atoms with Gasteiger partial charge in [0, 0.05) is 25.2 Å². The van der Waals surface area contributed by atoms with Crippen molar-refractivity contribution in [2.24, 2.45) is 5.73 Å². The van der Waals surface area contributed by atoms with Gasteiger partial charge in [-0.15, -0.1) is 0 Å². The molecule has 0 atom stereocenters. The molecule has 0 radical (unpaired) electrons. The average Bonchev–Trinajstić information content (AvgIpc) is 2.49. The van der Waals surface area contributed by atoms with Crippen LogP contribution in [0.25, 0.3) is 0 Å². The molecule has 0 bridgehead atoms. The van der Waals surface area contributed by atoms with E-state index in [1.54, 1.807) is 12.1 Å². The van der Waals surface area contributed by atoms with Gasteiger partial charge in [-0.25, -0.2) is 4.79 Å². The number of benzene rings is 1. The summed E-state index contributed by atoms with van der Waals surface area (Å²) >= 11 is 6.29. The van der Waals surface area contributed by atoms with E-state index in [0.717, 1.165) is 38.2 Å². The number of carbonyl (C=O) groups excluding carboxylic acids is 1. The lowest BCUT2D eigenvalue weighted by Crippen LogP contribution is -2.43. The van der Waals surface area contributed by atoms with E-state index in [2.05, 4.69) is 23.8 Å². The summed E-state index contributed by atoms with van der Waals surface area (Å²) < 4.78 is 4.93. The first-order valence-corrected chi connectivity index (χ1v) is 7.81. The second kappa shape index (κ2) is 7.07. The fourth-order valence-corrected chi connectivity index (χ4v) is 3.09. The summed E-state index contributed by atoms with van der Waals surface area (Å²) in [6, 6.07) is 3.88. The molecular formula is C15H23ClN4O2. The van der Waals surface area contributed by atoms with Gasteiger partial charge >= 0.3 is 6.09 Å². The van der Waals surface area contributed by atoms with Crippen LogP contribution in [0.2, 0.25) is 5.02 Å². The maximum Gasteiger partial charge on any atom is 0.410 e. The van der Waals surface area contributed by atoms with Gasteiger partial charge < -0.3 is 26.0 Å². The maximum absolute atomic E-state index is 10.9. The Kier molecular flexibility index (Phi) is 5.37. The Bertz CT molecular complexity index is 545. The van der Waals surface area contributed by atoms with Gasteiger partial charge in [-0.05, 0) is 32.5 Å². The first kappa shape index (κ1) is 16.7. The molecule has 1 amide bonds. The molecule has 6 nitrogen and oxygen atoms in total. The molecule has 0 saturated carbocycles. The summed E-state index contributed by atoms with van der Waals surface area (Å²) in [5.74, 6) is 0.250. The molecule has 0 spiro atoms. The number of rotatable bonds is 4. The molecule has 122 valence electrons. The van der Waals surface area contributed by atoms with E-state index in [1.165, 1.54) is 0 Å². The van der Waals surface area contributed by atoms with Gasteiger partial charge in [-0.2, -0.15) is 0 Å². The zero-order valence-corrected chi connectivity index (χ0v) is 13.8. The Hall–Kier alpha value is -1.66. The van der Waals surface area contributed by atoms with E-state index >= 15 is 0 Å². The second-order valence-electron chi connectivity index (χ2n) is 5.55. The van der Waals surface area contributed by atoms with Gasteiger partial charge in [0.2, 0.25) is 0 Å². The topological polar surface area (TPSA) is 84.8 Å². The van der Waals surface area contributed by atoms with Crippen LogP contribution in [0.15, 0.2) is 12.1 Å². The van der Waals surface area contributed by atoms with Crippen LogP contribution in [-0.2, 0) is 0 Å². The summed E-state index contributed by atoms with van der Waals surface area (Å²) in [4.78, 5) is 15.5. The quantitative estimate of drug-likeness (QED) is 0.829. The Morgan fingerprint density at radius 2 is 2.09 bits per heavy atom. The molecule has 1 aromatic carbocycles. The molecule has 0 aliphatic carbocycles. The van der Waals surface area contributed by atoms with E-state index in [0.29, 0.717) is 16.8 Å². The van der Waals surface area contributed by atoms with Crippen LogP contribution in [0.5, 0.6) is 5.75 Å². The van der Waals surface area contributed by atoms with Crippen LogP contribution in [0.4, 0.5) is 16.2 Å². The monoisotopic (exact) mass is 326 g/mol. The molecule has 2 rings (SSSR count). The van der Waals surface area contributed by atoms with Crippen LogP contribution < -0.4 is 21.1 Å². The van der Waals surface area contributed by atoms with Gasteiger partial charge in [0.25, 0.3) is 0 Å². The smallest absolute Gasteiger partial charge is 0.408 e. The van der Waals surface area contributed by atoms with Crippen molar-refractivity contribution in [3.8, 4) is 5.75 Å². The number of nitrogen functional groups attached to an aromatic ring is 1. The highest BCUT2D eigenvalue weighted by Crippen LogP contribution is 2.36. The maximum atomic E-state index is 10.9. The molecule has 1 heterocycles. The Balaban J connectivity index is 2.14. The number of hydrogen-bond donors (Lipinski definition) is 2. The number of ether oxygens (including phenoxy) is 1. The van der Waals surface area contributed by atoms with Crippen molar-refractivity contribution in [3.63, 3.8) is 0 Å². The van der Waals surface area contributed by atoms with Crippen LogP contribution in [-0.4, -0.2) is 43.7 Å². The van der Waals surface area contributed by atoms with Gasteiger partial charge in [-0.1, -0.05) is 18.5 Å². The zero-order valence-electron chi connectivity index (χ0n) is 13.0. The summed E-state index contributed by atoms with van der Waals surface area (Å²) in [5.41, 5.74) is 12.0. The van der Waals surface area contributed by atoms with E-state index in [9.17, 15) is 4.79 Å². The minimum absolute atomic E-state index is 0.250. The molecule has 0 unspecified atom stereocenters. The predicted octanol–water partition coefficient (Wildman–Crippen LogP) is 2.30. The Morgan fingerprint density at radius 3 is 2.64 bits per heavy atom. The molecule has 4 N–H and O–H groups in total. The number of hydrogen-bond acceptors (Lipinski definition) is 5. The third-order valence-electron chi connectivity index (χ3n) is 4.22. The third kappa shape index (κ3) is 3.75. The molecule has 1 aliphatic heterocycles. The van der Waals surface area contributed by atoms with E-state index in [1.807, 2.05) is 0 Å². The lowest BCUT2D eigenvalue weighted by molar-refractivity contribution is 0.211. The summed E-state index contributed by atoms with van der Waals surface area (Å²) in [6.07, 6.45) is 1.25. The van der Waals surface area contributed by atoms with Crippen molar-refractivity contribution in [2.45, 2.75) is 25.8 Å². The van der Waals surface area contributed by atoms with Crippen molar-refractivity contribution in [3.05, 3.63) is 17.2 Å². The number of carbonyl (C=O) groups is 1. The van der Waals surface area contributed by atoms with E-state index < -0.39 is 6.09 Å². The zero-order chi connectivity index (χ0) is 16.3. The fourth-order valence-electron chi connectivity index (χ4n) is 2.80. The van der Waals surface area contributed by atoms with Gasteiger partial charge in [0.15, 0.2) is 5.75 Å². The molecule has 0 aromatic heterocycles. The number of nitrogens with zero attached hydrogens (tertiary/aromatic N) is 2. The van der Waals surface area contributed by atoms with Crippen molar-refractivity contribution >= 4 is 29.1 Å². The lowest BCUT2D eigenvalue weighted by Gasteiger charge is -2.38. The molecule has 22 heavy (non-hydrogen) atoms. The second-order valence-corrected chi connectivity index (χ2v) is 5.96. The van der Waals surface area contributed by atoms with Crippen molar-refractivity contribution in [1.82, 2.24) is 4.90 Å². The van der Waals surface area contributed by atoms with Crippen molar-refractivity contribution < 1.29 is 9.53 Å². The van der Waals surface area contributed by atoms with Crippen molar-refractivity contribution in [2.75, 3.05) is 37.3 Å². The Morgan fingerprint density at radius 1 is 1.45 bits per heavy atom.